The molecule has 1 fully saturated rings. The highest BCUT2D eigenvalue weighted by Gasteiger charge is 2.29. The van der Waals surface area contributed by atoms with E-state index in [2.05, 4.69) is 21.2 Å². The molecule has 1 saturated heterocycles. The predicted octanol–water partition coefficient (Wildman–Crippen LogP) is 5.09. The summed E-state index contributed by atoms with van der Waals surface area (Å²) < 4.78 is 0.968. The standard InChI is InChI=1S/C23H21BrN2O2/c24-18-10-12-19(13-11-18)25-22(27)17-7-4-14-26(15-17)23(28)21-9-3-6-16-5-1-2-8-20(16)21/h1-3,5-6,8-13,17H,4,7,14-15H2,(H,25,27). The summed E-state index contributed by atoms with van der Waals surface area (Å²) in [5.74, 6) is -0.230. The number of piperidine rings is 1. The van der Waals surface area contributed by atoms with E-state index < -0.39 is 0 Å². The molecule has 1 heterocycles. The first-order valence-electron chi connectivity index (χ1n) is 9.45. The maximum atomic E-state index is 13.2. The van der Waals surface area contributed by atoms with E-state index in [1.54, 1.807) is 0 Å². The fraction of sp³-hybridized carbons (Fsp3) is 0.217. The van der Waals surface area contributed by atoms with Gasteiger partial charge in [0.2, 0.25) is 5.91 Å². The minimum absolute atomic E-state index is 0.00191. The lowest BCUT2D eigenvalue weighted by atomic mass is 9.95. The van der Waals surface area contributed by atoms with Crippen molar-refractivity contribution < 1.29 is 9.59 Å². The molecule has 0 radical (unpaired) electrons. The van der Waals surface area contributed by atoms with Crippen molar-refractivity contribution in [3.63, 3.8) is 0 Å². The highest BCUT2D eigenvalue weighted by molar-refractivity contribution is 9.10. The van der Waals surface area contributed by atoms with E-state index in [1.165, 1.54) is 0 Å². The van der Waals surface area contributed by atoms with E-state index in [-0.39, 0.29) is 17.7 Å². The van der Waals surface area contributed by atoms with Crippen LogP contribution in [0.5, 0.6) is 0 Å². The molecule has 1 atom stereocenters. The van der Waals surface area contributed by atoms with Crippen molar-refractivity contribution in [2.45, 2.75) is 12.8 Å². The molecule has 4 nitrogen and oxygen atoms in total. The molecule has 0 saturated carbocycles. The SMILES string of the molecule is O=C(Nc1ccc(Br)cc1)C1CCCN(C(=O)c2cccc3ccccc23)C1. The third kappa shape index (κ3) is 3.94. The minimum atomic E-state index is -0.198. The van der Waals surface area contributed by atoms with Crippen molar-refractivity contribution in [1.82, 2.24) is 4.90 Å². The number of nitrogens with one attached hydrogen (secondary N) is 1. The highest BCUT2D eigenvalue weighted by Crippen LogP contribution is 2.24. The molecule has 0 aromatic heterocycles. The van der Waals surface area contributed by atoms with Crippen LogP contribution in [-0.4, -0.2) is 29.8 Å². The molecule has 1 N–H and O–H groups in total. The molecule has 2 amide bonds. The van der Waals surface area contributed by atoms with Crippen LogP contribution in [0.4, 0.5) is 5.69 Å². The van der Waals surface area contributed by atoms with Gasteiger partial charge in [-0.05, 0) is 53.9 Å². The molecule has 1 aliphatic heterocycles. The van der Waals surface area contributed by atoms with Crippen LogP contribution in [-0.2, 0) is 4.79 Å². The van der Waals surface area contributed by atoms with E-state index in [0.29, 0.717) is 18.7 Å². The smallest absolute Gasteiger partial charge is 0.254 e. The zero-order chi connectivity index (χ0) is 19.5. The van der Waals surface area contributed by atoms with Gasteiger partial charge < -0.3 is 10.2 Å². The molecule has 1 aliphatic rings. The minimum Gasteiger partial charge on any atom is -0.338 e. The normalized spacial score (nSPS) is 16.8. The second kappa shape index (κ2) is 8.15. The Morgan fingerprint density at radius 2 is 1.71 bits per heavy atom. The summed E-state index contributed by atoms with van der Waals surface area (Å²) in [5, 5.41) is 4.98. The lowest BCUT2D eigenvalue weighted by molar-refractivity contribution is -0.121. The second-order valence-electron chi connectivity index (χ2n) is 7.11. The summed E-state index contributed by atoms with van der Waals surface area (Å²) in [6.07, 6.45) is 1.62. The van der Waals surface area contributed by atoms with Crippen LogP contribution in [0.2, 0.25) is 0 Å². The number of rotatable bonds is 3. The molecule has 0 aliphatic carbocycles. The summed E-state index contributed by atoms with van der Waals surface area (Å²) in [4.78, 5) is 27.7. The third-order valence-corrected chi connectivity index (χ3v) is 5.74. The molecular formula is C23H21BrN2O2. The number of halogens is 1. The number of carbonyl (C=O) groups excluding carboxylic acids is 2. The summed E-state index contributed by atoms with van der Waals surface area (Å²) in [7, 11) is 0. The van der Waals surface area contributed by atoms with Gasteiger partial charge in [0.1, 0.15) is 0 Å². The maximum absolute atomic E-state index is 13.2. The topological polar surface area (TPSA) is 49.4 Å². The summed E-state index contributed by atoms with van der Waals surface area (Å²) in [6.45, 7) is 1.13. The van der Waals surface area contributed by atoms with Crippen LogP contribution in [0, 0.1) is 5.92 Å². The number of benzene rings is 3. The second-order valence-corrected chi connectivity index (χ2v) is 8.03. The van der Waals surface area contributed by atoms with E-state index in [4.69, 9.17) is 0 Å². The summed E-state index contributed by atoms with van der Waals surface area (Å²) in [5.41, 5.74) is 1.47. The Balaban J connectivity index is 1.49. The van der Waals surface area contributed by atoms with Gasteiger partial charge in [-0.15, -0.1) is 0 Å². The monoisotopic (exact) mass is 436 g/mol. The number of anilines is 1. The van der Waals surface area contributed by atoms with Gasteiger partial charge in [0.25, 0.3) is 5.91 Å². The van der Waals surface area contributed by atoms with E-state index in [1.807, 2.05) is 71.6 Å². The van der Waals surface area contributed by atoms with Crippen LogP contribution in [0.1, 0.15) is 23.2 Å². The molecule has 0 bridgehead atoms. The van der Waals surface area contributed by atoms with Gasteiger partial charge in [-0.1, -0.05) is 52.3 Å². The Morgan fingerprint density at radius 3 is 2.54 bits per heavy atom. The van der Waals surface area contributed by atoms with Gasteiger partial charge in [-0.2, -0.15) is 0 Å². The number of hydrogen-bond acceptors (Lipinski definition) is 2. The molecule has 4 rings (SSSR count). The van der Waals surface area contributed by atoms with E-state index in [9.17, 15) is 9.59 Å². The Labute approximate surface area is 172 Å². The van der Waals surface area contributed by atoms with Crippen molar-refractivity contribution in [1.29, 1.82) is 0 Å². The Bertz CT molecular complexity index is 1010. The molecule has 5 heteroatoms. The number of carbonyl (C=O) groups is 2. The zero-order valence-corrected chi connectivity index (χ0v) is 17.0. The molecule has 3 aromatic carbocycles. The van der Waals surface area contributed by atoms with Crippen molar-refractivity contribution >= 4 is 44.2 Å². The molecule has 142 valence electrons. The van der Waals surface area contributed by atoms with Crippen LogP contribution >= 0.6 is 15.9 Å². The number of likely N-dealkylation sites (tertiary alicyclic amines) is 1. The first kappa shape index (κ1) is 18.7. The average molecular weight is 437 g/mol. The van der Waals surface area contributed by atoms with Gasteiger partial charge in [0.15, 0.2) is 0 Å². The fourth-order valence-corrected chi connectivity index (χ4v) is 4.00. The lowest BCUT2D eigenvalue weighted by Crippen LogP contribution is -2.43. The predicted molar refractivity (Wildman–Crippen MR) is 115 cm³/mol. The van der Waals surface area contributed by atoms with Crippen molar-refractivity contribution in [2.24, 2.45) is 5.92 Å². The number of fused-ring (bicyclic) bond motifs is 1. The van der Waals surface area contributed by atoms with Gasteiger partial charge >= 0.3 is 0 Å². The first-order valence-corrected chi connectivity index (χ1v) is 10.2. The largest absolute Gasteiger partial charge is 0.338 e. The Hall–Kier alpha value is -2.66. The molecule has 28 heavy (non-hydrogen) atoms. The van der Waals surface area contributed by atoms with E-state index in [0.717, 1.165) is 33.8 Å². The van der Waals surface area contributed by atoms with Crippen molar-refractivity contribution in [3.8, 4) is 0 Å². The lowest BCUT2D eigenvalue weighted by Gasteiger charge is -2.32. The highest BCUT2D eigenvalue weighted by atomic mass is 79.9. The zero-order valence-electron chi connectivity index (χ0n) is 15.4. The van der Waals surface area contributed by atoms with Gasteiger partial charge in [0.05, 0.1) is 5.92 Å². The molecule has 3 aromatic rings. The summed E-state index contributed by atoms with van der Waals surface area (Å²) >= 11 is 3.39. The number of amides is 2. The van der Waals surface area contributed by atoms with E-state index >= 15 is 0 Å². The van der Waals surface area contributed by atoms with Gasteiger partial charge in [-0.3, -0.25) is 9.59 Å². The first-order chi connectivity index (χ1) is 13.6. The maximum Gasteiger partial charge on any atom is 0.254 e. The van der Waals surface area contributed by atoms with Crippen LogP contribution < -0.4 is 5.32 Å². The number of nitrogens with zero attached hydrogens (tertiary/aromatic N) is 1. The summed E-state index contributed by atoms with van der Waals surface area (Å²) in [6, 6.07) is 21.2. The fourth-order valence-electron chi connectivity index (χ4n) is 3.74. The molecular weight excluding hydrogens is 416 g/mol. The number of hydrogen-bond donors (Lipinski definition) is 1. The van der Waals surface area contributed by atoms with Gasteiger partial charge in [0, 0.05) is 28.8 Å². The third-order valence-electron chi connectivity index (χ3n) is 5.21. The van der Waals surface area contributed by atoms with Crippen LogP contribution in [0.3, 0.4) is 0 Å². The van der Waals surface area contributed by atoms with Crippen molar-refractivity contribution in [2.75, 3.05) is 18.4 Å². The molecule has 0 spiro atoms. The quantitative estimate of drug-likeness (QED) is 0.621. The van der Waals surface area contributed by atoms with Crippen molar-refractivity contribution in [3.05, 3.63) is 76.8 Å². The van der Waals surface area contributed by atoms with Crippen LogP contribution in [0.25, 0.3) is 10.8 Å². The average Bonchev–Trinajstić information content (AvgIpc) is 2.74. The Morgan fingerprint density at radius 1 is 0.964 bits per heavy atom. The van der Waals surface area contributed by atoms with Crippen LogP contribution in [0.15, 0.2) is 71.2 Å². The Kier molecular flexibility index (Phi) is 5.44. The van der Waals surface area contributed by atoms with Gasteiger partial charge in [-0.25, -0.2) is 0 Å². The molecule has 1 unspecified atom stereocenters.